The van der Waals surface area contributed by atoms with Crippen molar-refractivity contribution in [1.82, 2.24) is 15.2 Å². The monoisotopic (exact) mass is 254 g/mol. The number of aromatic nitrogens is 3. The fraction of sp³-hybridized carbons (Fsp3) is 0.400. The zero-order valence-electron chi connectivity index (χ0n) is 11.0. The van der Waals surface area contributed by atoms with Gasteiger partial charge in [-0.15, -0.1) is 5.10 Å². The molecule has 0 atom stereocenters. The minimum atomic E-state index is 0.807. The number of nitrogens with zero attached hydrogens (tertiary/aromatic N) is 3. The Balaban J connectivity index is 1.70. The zero-order valence-corrected chi connectivity index (χ0v) is 11.0. The fourth-order valence-electron chi connectivity index (χ4n) is 2.51. The van der Waals surface area contributed by atoms with Gasteiger partial charge in [-0.05, 0) is 49.8 Å². The Morgan fingerprint density at radius 2 is 1.84 bits per heavy atom. The maximum atomic E-state index is 5.78. The van der Waals surface area contributed by atoms with Gasteiger partial charge in [0.15, 0.2) is 5.82 Å². The number of hydrogen-bond donors (Lipinski definition) is 1. The normalized spacial score (nSPS) is 14.1. The second-order valence-electron chi connectivity index (χ2n) is 5.07. The first kappa shape index (κ1) is 12.1. The van der Waals surface area contributed by atoms with Gasteiger partial charge in [0.25, 0.3) is 0 Å². The molecule has 0 radical (unpaired) electrons. The Morgan fingerprint density at radius 1 is 1.00 bits per heavy atom. The molecule has 0 saturated carbocycles. The number of nitrogens with two attached hydrogens (primary N) is 1. The van der Waals surface area contributed by atoms with Crippen LogP contribution in [0.15, 0.2) is 24.3 Å². The molecule has 98 valence electrons. The third-order valence-electron chi connectivity index (χ3n) is 3.55. The first-order chi connectivity index (χ1) is 9.31. The van der Waals surface area contributed by atoms with Crippen LogP contribution in [0.1, 0.15) is 35.6 Å². The second kappa shape index (κ2) is 5.34. The number of rotatable bonds is 3. The smallest absolute Gasteiger partial charge is 0.151 e. The molecule has 1 aliphatic carbocycles. The highest BCUT2D eigenvalue weighted by molar-refractivity contribution is 5.40. The van der Waals surface area contributed by atoms with Crippen molar-refractivity contribution in [3.05, 3.63) is 47.0 Å². The number of benzene rings is 1. The van der Waals surface area contributed by atoms with Gasteiger partial charge in [-0.3, -0.25) is 0 Å². The summed E-state index contributed by atoms with van der Waals surface area (Å²) in [6.45, 7) is 0. The van der Waals surface area contributed by atoms with Crippen LogP contribution >= 0.6 is 0 Å². The van der Waals surface area contributed by atoms with Gasteiger partial charge in [-0.1, -0.05) is 12.1 Å². The summed E-state index contributed by atoms with van der Waals surface area (Å²) in [5, 5.41) is 8.55. The maximum Gasteiger partial charge on any atom is 0.151 e. The van der Waals surface area contributed by atoms with E-state index < -0.39 is 0 Å². The van der Waals surface area contributed by atoms with Crippen LogP contribution in [0.2, 0.25) is 0 Å². The third kappa shape index (κ3) is 2.89. The van der Waals surface area contributed by atoms with Crippen LogP contribution in [0.25, 0.3) is 0 Å². The van der Waals surface area contributed by atoms with Crippen molar-refractivity contribution >= 4 is 5.69 Å². The van der Waals surface area contributed by atoms with Crippen LogP contribution in [-0.2, 0) is 25.7 Å². The highest BCUT2D eigenvalue weighted by atomic mass is 15.2. The van der Waals surface area contributed by atoms with Crippen molar-refractivity contribution in [3.8, 4) is 0 Å². The minimum Gasteiger partial charge on any atom is -0.399 e. The number of hydrogen-bond acceptors (Lipinski definition) is 4. The van der Waals surface area contributed by atoms with E-state index in [0.29, 0.717) is 0 Å². The molecule has 2 aromatic rings. The molecular weight excluding hydrogens is 236 g/mol. The highest BCUT2D eigenvalue weighted by Gasteiger charge is 2.13. The van der Waals surface area contributed by atoms with E-state index in [9.17, 15) is 0 Å². The Hall–Kier alpha value is -1.97. The van der Waals surface area contributed by atoms with Crippen molar-refractivity contribution in [2.24, 2.45) is 0 Å². The van der Waals surface area contributed by atoms with Gasteiger partial charge in [0, 0.05) is 12.1 Å². The summed E-state index contributed by atoms with van der Waals surface area (Å²) in [5.74, 6) is 0.850. The summed E-state index contributed by atoms with van der Waals surface area (Å²) < 4.78 is 0. The lowest BCUT2D eigenvalue weighted by Crippen LogP contribution is -2.12. The summed E-state index contributed by atoms with van der Waals surface area (Å²) in [6, 6.07) is 7.98. The van der Waals surface area contributed by atoms with Gasteiger partial charge in [0.2, 0.25) is 0 Å². The first-order valence-corrected chi connectivity index (χ1v) is 6.87. The summed E-state index contributed by atoms with van der Waals surface area (Å²) in [7, 11) is 0. The second-order valence-corrected chi connectivity index (χ2v) is 5.07. The van der Waals surface area contributed by atoms with Crippen molar-refractivity contribution in [2.75, 3.05) is 5.73 Å². The van der Waals surface area contributed by atoms with E-state index in [4.69, 9.17) is 5.73 Å². The molecule has 0 fully saturated rings. The van der Waals surface area contributed by atoms with E-state index in [1.807, 2.05) is 18.2 Å². The molecule has 1 aromatic heterocycles. The predicted molar refractivity (Wildman–Crippen MR) is 74.7 cm³/mol. The molecule has 0 spiro atoms. The zero-order chi connectivity index (χ0) is 13.1. The summed E-state index contributed by atoms with van der Waals surface area (Å²) >= 11 is 0. The van der Waals surface area contributed by atoms with Gasteiger partial charge in [-0.25, -0.2) is 4.98 Å². The van der Waals surface area contributed by atoms with Gasteiger partial charge in [0.1, 0.15) is 0 Å². The first-order valence-electron chi connectivity index (χ1n) is 6.87. The molecule has 19 heavy (non-hydrogen) atoms. The summed E-state index contributed by atoms with van der Waals surface area (Å²) in [6.07, 6.45) is 6.25. The molecule has 3 rings (SSSR count). The van der Waals surface area contributed by atoms with Crippen LogP contribution in [0, 0.1) is 0 Å². The van der Waals surface area contributed by atoms with Crippen LogP contribution in [-0.4, -0.2) is 15.2 Å². The highest BCUT2D eigenvalue weighted by Crippen LogP contribution is 2.17. The SMILES string of the molecule is Nc1cccc(CCc2nnc3c(n2)CCCC3)c1. The molecule has 0 bridgehead atoms. The van der Waals surface area contributed by atoms with E-state index in [-0.39, 0.29) is 0 Å². The third-order valence-corrected chi connectivity index (χ3v) is 3.55. The number of fused-ring (bicyclic) bond motifs is 1. The Labute approximate surface area is 113 Å². The molecule has 0 aliphatic heterocycles. The van der Waals surface area contributed by atoms with E-state index >= 15 is 0 Å². The fourth-order valence-corrected chi connectivity index (χ4v) is 2.51. The average molecular weight is 254 g/mol. The lowest BCUT2D eigenvalue weighted by atomic mass is 10.0. The van der Waals surface area contributed by atoms with E-state index in [1.165, 1.54) is 18.4 Å². The van der Waals surface area contributed by atoms with Crippen LogP contribution in [0.3, 0.4) is 0 Å². The number of nitrogen functional groups attached to an aromatic ring is 1. The molecule has 1 aromatic carbocycles. The Morgan fingerprint density at radius 3 is 2.68 bits per heavy atom. The Bertz CT molecular complexity index is 580. The molecule has 0 saturated heterocycles. The van der Waals surface area contributed by atoms with Crippen molar-refractivity contribution in [3.63, 3.8) is 0 Å². The van der Waals surface area contributed by atoms with Crippen molar-refractivity contribution in [2.45, 2.75) is 38.5 Å². The molecule has 4 heteroatoms. The topological polar surface area (TPSA) is 64.7 Å². The van der Waals surface area contributed by atoms with E-state index in [0.717, 1.165) is 48.6 Å². The average Bonchev–Trinajstić information content (AvgIpc) is 2.45. The van der Waals surface area contributed by atoms with Crippen LogP contribution in [0.4, 0.5) is 5.69 Å². The molecular formula is C15H18N4. The van der Waals surface area contributed by atoms with E-state index in [1.54, 1.807) is 0 Å². The number of anilines is 1. The predicted octanol–water partition coefficient (Wildman–Crippen LogP) is 2.12. The van der Waals surface area contributed by atoms with Crippen molar-refractivity contribution in [1.29, 1.82) is 0 Å². The van der Waals surface area contributed by atoms with Crippen molar-refractivity contribution < 1.29 is 0 Å². The summed E-state index contributed by atoms with van der Waals surface area (Å²) in [4.78, 5) is 4.65. The number of aryl methyl sites for hydroxylation is 4. The van der Waals surface area contributed by atoms with Gasteiger partial charge >= 0.3 is 0 Å². The lowest BCUT2D eigenvalue weighted by molar-refractivity contribution is 0.616. The Kier molecular flexibility index (Phi) is 3.40. The molecule has 4 nitrogen and oxygen atoms in total. The van der Waals surface area contributed by atoms with Gasteiger partial charge < -0.3 is 5.73 Å². The molecule has 1 heterocycles. The van der Waals surface area contributed by atoms with E-state index in [2.05, 4.69) is 21.2 Å². The van der Waals surface area contributed by atoms with Gasteiger partial charge in [0.05, 0.1) is 11.4 Å². The maximum absolute atomic E-state index is 5.78. The standard InChI is InChI=1S/C15H18N4/c16-12-5-3-4-11(10-12)8-9-15-17-13-6-1-2-7-14(13)18-19-15/h3-5,10H,1-2,6-9,16H2. The molecule has 2 N–H and O–H groups in total. The quantitative estimate of drug-likeness (QED) is 0.852. The summed E-state index contributed by atoms with van der Waals surface area (Å²) in [5.41, 5.74) is 10.1. The minimum absolute atomic E-state index is 0.807. The largest absolute Gasteiger partial charge is 0.399 e. The van der Waals surface area contributed by atoms with Crippen LogP contribution in [0.5, 0.6) is 0 Å². The van der Waals surface area contributed by atoms with Crippen LogP contribution < -0.4 is 5.73 Å². The lowest BCUT2D eigenvalue weighted by Gasteiger charge is -2.13. The molecule has 0 amide bonds. The molecule has 0 unspecified atom stereocenters. The molecule has 1 aliphatic rings. The van der Waals surface area contributed by atoms with Gasteiger partial charge in [-0.2, -0.15) is 5.10 Å².